The Bertz CT molecular complexity index is 446. The zero-order chi connectivity index (χ0) is 13.8. The normalized spacial score (nSPS) is 23.4. The van der Waals surface area contributed by atoms with Gasteiger partial charge in [0.2, 0.25) is 11.9 Å². The molecule has 1 aromatic heterocycles. The smallest absolute Gasteiger partial charge is 0.233 e. The number of rotatable bonds is 3. The van der Waals surface area contributed by atoms with Gasteiger partial charge in [-0.05, 0) is 33.1 Å². The van der Waals surface area contributed by atoms with E-state index in [0.717, 1.165) is 12.8 Å². The second kappa shape index (κ2) is 6.18. The summed E-state index contributed by atoms with van der Waals surface area (Å²) < 4.78 is 0. The van der Waals surface area contributed by atoms with Gasteiger partial charge in [0.1, 0.15) is 6.33 Å². The summed E-state index contributed by atoms with van der Waals surface area (Å²) in [5.41, 5.74) is 5.48. The first-order valence-electron chi connectivity index (χ1n) is 6.46. The van der Waals surface area contributed by atoms with Crippen LogP contribution in [0, 0.1) is 0 Å². The molecule has 104 valence electrons. The summed E-state index contributed by atoms with van der Waals surface area (Å²) in [6.07, 6.45) is 4.73. The van der Waals surface area contributed by atoms with Crippen molar-refractivity contribution >= 4 is 23.6 Å². The molecule has 0 aromatic carbocycles. The molecule has 2 N–H and O–H groups in total. The second-order valence-electron chi connectivity index (χ2n) is 4.84. The van der Waals surface area contributed by atoms with Crippen LogP contribution in [0.2, 0.25) is 0 Å². The van der Waals surface area contributed by atoms with Gasteiger partial charge < -0.3 is 10.6 Å². The summed E-state index contributed by atoms with van der Waals surface area (Å²) in [6, 6.07) is 0.639. The Morgan fingerprint density at radius 2 is 2.11 bits per heavy atom. The van der Waals surface area contributed by atoms with Crippen molar-refractivity contribution in [3.05, 3.63) is 6.33 Å². The maximum Gasteiger partial charge on any atom is 0.233 e. The Morgan fingerprint density at radius 1 is 1.42 bits per heavy atom. The van der Waals surface area contributed by atoms with Crippen LogP contribution in [0.4, 0.5) is 5.95 Å². The number of hydrogen-bond donors (Lipinski definition) is 1. The van der Waals surface area contributed by atoms with Crippen molar-refractivity contribution in [1.29, 1.82) is 0 Å². The Morgan fingerprint density at radius 3 is 2.74 bits per heavy atom. The third-order valence-corrected chi connectivity index (χ3v) is 4.22. The lowest BCUT2D eigenvalue weighted by Crippen LogP contribution is -2.48. The van der Waals surface area contributed by atoms with Crippen molar-refractivity contribution in [3.8, 4) is 0 Å². The van der Waals surface area contributed by atoms with Gasteiger partial charge in [0.05, 0.1) is 5.75 Å². The minimum atomic E-state index is 0.142. The number of piperidine rings is 1. The zero-order valence-electron chi connectivity index (χ0n) is 11.2. The van der Waals surface area contributed by atoms with E-state index in [4.69, 9.17) is 5.73 Å². The Balaban J connectivity index is 1.93. The number of nitrogens with zero attached hydrogens (tertiary/aromatic N) is 4. The summed E-state index contributed by atoms with van der Waals surface area (Å²) in [5.74, 6) is 0.673. The first-order chi connectivity index (χ1) is 9.08. The molecule has 0 spiro atoms. The Labute approximate surface area is 117 Å². The molecule has 0 radical (unpaired) electrons. The number of carbonyl (C=O) groups excluding carboxylic acids is 1. The molecule has 6 nitrogen and oxygen atoms in total. The van der Waals surface area contributed by atoms with Gasteiger partial charge in [-0.25, -0.2) is 9.97 Å². The van der Waals surface area contributed by atoms with Gasteiger partial charge in [-0.3, -0.25) is 4.79 Å². The van der Waals surface area contributed by atoms with Crippen molar-refractivity contribution in [2.75, 3.05) is 11.5 Å². The molecule has 0 saturated carbocycles. The zero-order valence-corrected chi connectivity index (χ0v) is 12.1. The summed E-state index contributed by atoms with van der Waals surface area (Å²) in [4.78, 5) is 26.0. The van der Waals surface area contributed by atoms with E-state index in [1.54, 1.807) is 0 Å². The van der Waals surface area contributed by atoms with Crippen LogP contribution in [-0.4, -0.2) is 43.6 Å². The van der Waals surface area contributed by atoms with E-state index in [1.165, 1.54) is 24.5 Å². The topological polar surface area (TPSA) is 85.0 Å². The predicted molar refractivity (Wildman–Crippen MR) is 74.6 cm³/mol. The molecule has 2 atom stereocenters. The van der Waals surface area contributed by atoms with Crippen molar-refractivity contribution in [3.63, 3.8) is 0 Å². The van der Waals surface area contributed by atoms with E-state index < -0.39 is 0 Å². The monoisotopic (exact) mass is 281 g/mol. The fourth-order valence-corrected chi connectivity index (χ4v) is 3.16. The number of nitrogen functional groups attached to an aromatic ring is 1. The van der Waals surface area contributed by atoms with E-state index in [2.05, 4.69) is 28.8 Å². The molecule has 1 aliphatic rings. The average Bonchev–Trinajstić information content (AvgIpc) is 2.36. The van der Waals surface area contributed by atoms with E-state index in [-0.39, 0.29) is 11.9 Å². The molecular formula is C12H19N5OS. The third kappa shape index (κ3) is 3.56. The van der Waals surface area contributed by atoms with Crippen LogP contribution in [0.1, 0.15) is 33.1 Å². The van der Waals surface area contributed by atoms with Gasteiger partial charge in [-0.15, -0.1) is 0 Å². The fraction of sp³-hybridized carbons (Fsp3) is 0.667. The molecule has 0 unspecified atom stereocenters. The van der Waals surface area contributed by atoms with E-state index >= 15 is 0 Å². The average molecular weight is 281 g/mol. The number of carbonyl (C=O) groups is 1. The van der Waals surface area contributed by atoms with E-state index in [1.807, 2.05) is 4.90 Å². The second-order valence-corrected chi connectivity index (χ2v) is 5.79. The lowest BCUT2D eigenvalue weighted by Gasteiger charge is -2.39. The van der Waals surface area contributed by atoms with E-state index in [9.17, 15) is 4.79 Å². The summed E-state index contributed by atoms with van der Waals surface area (Å²) in [7, 11) is 0. The van der Waals surface area contributed by atoms with Gasteiger partial charge in [0.25, 0.3) is 0 Å². The largest absolute Gasteiger partial charge is 0.368 e. The van der Waals surface area contributed by atoms with Crippen LogP contribution in [0.5, 0.6) is 0 Å². The van der Waals surface area contributed by atoms with Crippen molar-refractivity contribution < 1.29 is 4.79 Å². The van der Waals surface area contributed by atoms with Crippen molar-refractivity contribution in [2.45, 2.75) is 50.4 Å². The lowest BCUT2D eigenvalue weighted by molar-refractivity contribution is -0.134. The number of likely N-dealkylation sites (tertiary alicyclic amines) is 1. The van der Waals surface area contributed by atoms with Crippen LogP contribution in [0.3, 0.4) is 0 Å². The molecule has 1 amide bonds. The molecule has 19 heavy (non-hydrogen) atoms. The molecule has 0 bridgehead atoms. The number of aromatic nitrogens is 3. The molecular weight excluding hydrogens is 262 g/mol. The van der Waals surface area contributed by atoms with Crippen LogP contribution < -0.4 is 5.73 Å². The highest BCUT2D eigenvalue weighted by Crippen LogP contribution is 2.24. The number of hydrogen-bond acceptors (Lipinski definition) is 6. The van der Waals surface area contributed by atoms with Gasteiger partial charge in [0.15, 0.2) is 5.16 Å². The summed E-state index contributed by atoms with van der Waals surface area (Å²) >= 11 is 1.31. The number of nitrogens with two attached hydrogens (primary N) is 1. The van der Waals surface area contributed by atoms with Crippen LogP contribution in [-0.2, 0) is 4.79 Å². The van der Waals surface area contributed by atoms with Gasteiger partial charge in [0, 0.05) is 12.1 Å². The van der Waals surface area contributed by atoms with Crippen molar-refractivity contribution in [2.24, 2.45) is 0 Å². The first kappa shape index (κ1) is 14.0. The van der Waals surface area contributed by atoms with Crippen LogP contribution >= 0.6 is 11.8 Å². The maximum atomic E-state index is 12.3. The quantitative estimate of drug-likeness (QED) is 0.841. The molecule has 2 heterocycles. The highest BCUT2D eigenvalue weighted by Gasteiger charge is 2.28. The van der Waals surface area contributed by atoms with Gasteiger partial charge >= 0.3 is 0 Å². The standard InChI is InChI=1S/C12H19N5OS/c1-8-4-3-5-9(2)17(8)10(18)6-19-12-15-7-14-11(13)16-12/h7-9H,3-6H2,1-2H3,(H2,13,14,15,16)/t8-,9+. The molecule has 1 saturated heterocycles. The summed E-state index contributed by atoms with van der Waals surface area (Å²) in [5, 5.41) is 0.498. The molecule has 1 aromatic rings. The van der Waals surface area contributed by atoms with Crippen LogP contribution in [0.15, 0.2) is 11.5 Å². The summed E-state index contributed by atoms with van der Waals surface area (Å²) in [6.45, 7) is 4.22. The number of amides is 1. The third-order valence-electron chi connectivity index (χ3n) is 3.37. The molecule has 0 aliphatic carbocycles. The number of anilines is 1. The molecule has 2 rings (SSSR count). The maximum absolute atomic E-state index is 12.3. The highest BCUT2D eigenvalue weighted by atomic mass is 32.2. The number of thioether (sulfide) groups is 1. The van der Waals surface area contributed by atoms with Gasteiger partial charge in [-0.2, -0.15) is 4.98 Å². The Hall–Kier alpha value is -1.37. The molecule has 7 heteroatoms. The first-order valence-corrected chi connectivity index (χ1v) is 7.45. The molecule has 1 aliphatic heterocycles. The predicted octanol–water partition coefficient (Wildman–Crippen LogP) is 1.34. The minimum Gasteiger partial charge on any atom is -0.368 e. The van der Waals surface area contributed by atoms with Crippen molar-refractivity contribution in [1.82, 2.24) is 19.9 Å². The lowest BCUT2D eigenvalue weighted by atomic mass is 9.98. The minimum absolute atomic E-state index is 0.142. The SMILES string of the molecule is C[C@@H]1CCC[C@H](C)N1C(=O)CSc1ncnc(N)n1. The van der Waals surface area contributed by atoms with E-state index in [0.29, 0.717) is 23.0 Å². The Kier molecular flexibility index (Phi) is 4.57. The highest BCUT2D eigenvalue weighted by molar-refractivity contribution is 7.99. The van der Waals surface area contributed by atoms with Gasteiger partial charge in [-0.1, -0.05) is 11.8 Å². The molecule has 1 fully saturated rings. The van der Waals surface area contributed by atoms with Crippen LogP contribution in [0.25, 0.3) is 0 Å². The fourth-order valence-electron chi connectivity index (χ4n) is 2.48.